The molecule has 7 nitrogen and oxygen atoms in total. The van der Waals surface area contributed by atoms with Crippen molar-refractivity contribution in [3.63, 3.8) is 0 Å². The molecule has 0 aliphatic carbocycles. The second kappa shape index (κ2) is 7.29. The number of likely N-dealkylation sites (N-methyl/N-ethyl adjacent to an activating group) is 1. The van der Waals surface area contributed by atoms with Gasteiger partial charge in [-0.25, -0.2) is 8.42 Å². The van der Waals surface area contributed by atoms with Crippen molar-refractivity contribution in [1.82, 2.24) is 14.5 Å². The molecule has 0 bridgehead atoms. The predicted molar refractivity (Wildman–Crippen MR) is 86.9 cm³/mol. The van der Waals surface area contributed by atoms with Gasteiger partial charge in [0.2, 0.25) is 15.9 Å². The molecule has 0 unspecified atom stereocenters. The minimum Gasteiger partial charge on any atom is -0.497 e. The Kier molecular flexibility index (Phi) is 5.61. The third-order valence-corrected chi connectivity index (χ3v) is 5.44. The molecule has 1 atom stereocenters. The smallest absolute Gasteiger partial charge is 0.241 e. The molecule has 1 heterocycles. The zero-order chi connectivity index (χ0) is 17.0. The van der Waals surface area contributed by atoms with Crippen LogP contribution in [0.1, 0.15) is 6.92 Å². The molecule has 0 aromatic heterocycles. The molecule has 1 N–H and O–H groups in total. The molecule has 1 aromatic rings. The van der Waals surface area contributed by atoms with E-state index in [1.54, 1.807) is 24.0 Å². The van der Waals surface area contributed by atoms with Crippen LogP contribution in [0, 0.1) is 0 Å². The van der Waals surface area contributed by atoms with E-state index in [1.807, 2.05) is 7.05 Å². The van der Waals surface area contributed by atoms with Gasteiger partial charge in [0.05, 0.1) is 18.0 Å². The third-order valence-electron chi connectivity index (χ3n) is 3.89. The second-order valence-electron chi connectivity index (χ2n) is 5.65. The number of amides is 1. The number of carbonyl (C=O) groups excluding carboxylic acids is 1. The molecule has 1 saturated heterocycles. The Balaban J connectivity index is 2.02. The first-order valence-corrected chi connectivity index (χ1v) is 8.95. The summed E-state index contributed by atoms with van der Waals surface area (Å²) in [6.45, 7) is 4.39. The number of hydrogen-bond acceptors (Lipinski definition) is 5. The van der Waals surface area contributed by atoms with Gasteiger partial charge in [0.25, 0.3) is 0 Å². The number of benzene rings is 1. The molecule has 1 fully saturated rings. The largest absolute Gasteiger partial charge is 0.497 e. The van der Waals surface area contributed by atoms with Crippen LogP contribution < -0.4 is 9.46 Å². The van der Waals surface area contributed by atoms with Gasteiger partial charge in [0, 0.05) is 26.2 Å². The van der Waals surface area contributed by atoms with Gasteiger partial charge in [0.15, 0.2) is 0 Å². The van der Waals surface area contributed by atoms with Crippen LogP contribution in [0.15, 0.2) is 29.2 Å². The van der Waals surface area contributed by atoms with Crippen molar-refractivity contribution in [2.75, 3.05) is 40.3 Å². The van der Waals surface area contributed by atoms with E-state index in [2.05, 4.69) is 9.62 Å². The highest BCUT2D eigenvalue weighted by atomic mass is 32.2. The maximum atomic E-state index is 12.4. The fraction of sp³-hybridized carbons (Fsp3) is 0.533. The summed E-state index contributed by atoms with van der Waals surface area (Å²) < 4.78 is 32.2. The highest BCUT2D eigenvalue weighted by Gasteiger charge is 2.27. The Morgan fingerprint density at radius 1 is 1.17 bits per heavy atom. The number of piperazine rings is 1. The van der Waals surface area contributed by atoms with Crippen LogP contribution in [-0.4, -0.2) is 70.5 Å². The van der Waals surface area contributed by atoms with Crippen molar-refractivity contribution >= 4 is 15.9 Å². The average Bonchev–Trinajstić information content (AvgIpc) is 2.54. The lowest BCUT2D eigenvalue weighted by atomic mass is 10.2. The lowest BCUT2D eigenvalue weighted by molar-refractivity contribution is -0.134. The normalized spacial score (nSPS) is 17.8. The van der Waals surface area contributed by atoms with E-state index < -0.39 is 16.1 Å². The lowest BCUT2D eigenvalue weighted by Gasteiger charge is -2.34. The lowest BCUT2D eigenvalue weighted by Crippen LogP contribution is -2.53. The van der Waals surface area contributed by atoms with Crippen LogP contribution in [0.3, 0.4) is 0 Å². The highest BCUT2D eigenvalue weighted by molar-refractivity contribution is 7.89. The van der Waals surface area contributed by atoms with Crippen LogP contribution in [0.4, 0.5) is 0 Å². The Morgan fingerprint density at radius 3 is 2.26 bits per heavy atom. The van der Waals surface area contributed by atoms with Gasteiger partial charge < -0.3 is 14.5 Å². The van der Waals surface area contributed by atoms with Crippen molar-refractivity contribution in [2.24, 2.45) is 0 Å². The number of carbonyl (C=O) groups is 1. The molecule has 1 aliphatic heterocycles. The van der Waals surface area contributed by atoms with Crippen molar-refractivity contribution in [3.05, 3.63) is 24.3 Å². The number of nitrogens with zero attached hydrogens (tertiary/aromatic N) is 2. The first-order valence-electron chi connectivity index (χ1n) is 7.47. The quantitative estimate of drug-likeness (QED) is 0.824. The zero-order valence-corrected chi connectivity index (χ0v) is 14.5. The number of nitrogens with one attached hydrogen (secondary N) is 1. The summed E-state index contributed by atoms with van der Waals surface area (Å²) in [5.74, 6) is 0.376. The summed E-state index contributed by atoms with van der Waals surface area (Å²) in [6, 6.07) is 5.25. The monoisotopic (exact) mass is 341 g/mol. The second-order valence-corrected chi connectivity index (χ2v) is 7.36. The zero-order valence-electron chi connectivity index (χ0n) is 13.7. The van der Waals surface area contributed by atoms with Crippen LogP contribution in [0.2, 0.25) is 0 Å². The van der Waals surface area contributed by atoms with Gasteiger partial charge in [-0.15, -0.1) is 0 Å². The van der Waals surface area contributed by atoms with Gasteiger partial charge in [-0.3, -0.25) is 4.79 Å². The predicted octanol–water partition coefficient (Wildman–Crippen LogP) is 0.136. The van der Waals surface area contributed by atoms with E-state index in [-0.39, 0.29) is 10.8 Å². The molecule has 0 spiro atoms. The van der Waals surface area contributed by atoms with E-state index >= 15 is 0 Å². The van der Waals surface area contributed by atoms with Gasteiger partial charge >= 0.3 is 0 Å². The molecule has 0 saturated carbocycles. The van der Waals surface area contributed by atoms with Gasteiger partial charge in [-0.1, -0.05) is 0 Å². The maximum Gasteiger partial charge on any atom is 0.241 e. The maximum absolute atomic E-state index is 12.4. The summed E-state index contributed by atoms with van der Waals surface area (Å²) in [5, 5.41) is 0. The number of ether oxygens (including phenoxy) is 1. The van der Waals surface area contributed by atoms with Gasteiger partial charge in [-0.05, 0) is 38.2 Å². The SMILES string of the molecule is COc1ccc(S(=O)(=O)N[C@@H](C)C(=O)N2CCN(C)CC2)cc1. The van der Waals surface area contributed by atoms with Crippen molar-refractivity contribution in [3.8, 4) is 5.75 Å². The van der Waals surface area contributed by atoms with E-state index in [4.69, 9.17) is 4.74 Å². The van der Waals surface area contributed by atoms with E-state index in [0.29, 0.717) is 18.8 Å². The summed E-state index contributed by atoms with van der Waals surface area (Å²) in [5.41, 5.74) is 0. The van der Waals surface area contributed by atoms with Crippen LogP contribution >= 0.6 is 0 Å². The molecular weight excluding hydrogens is 318 g/mol. The summed E-state index contributed by atoms with van der Waals surface area (Å²) >= 11 is 0. The molecule has 23 heavy (non-hydrogen) atoms. The summed E-state index contributed by atoms with van der Waals surface area (Å²) in [4.78, 5) is 16.3. The van der Waals surface area contributed by atoms with Gasteiger partial charge in [0.1, 0.15) is 5.75 Å². The third kappa shape index (κ3) is 4.43. The highest BCUT2D eigenvalue weighted by Crippen LogP contribution is 2.16. The minimum atomic E-state index is -3.74. The molecule has 8 heteroatoms. The number of sulfonamides is 1. The van der Waals surface area contributed by atoms with Crippen molar-refractivity contribution in [2.45, 2.75) is 17.9 Å². The van der Waals surface area contributed by atoms with Crippen LogP contribution in [0.25, 0.3) is 0 Å². The van der Waals surface area contributed by atoms with Crippen molar-refractivity contribution < 1.29 is 17.9 Å². The molecule has 1 aliphatic rings. The fourth-order valence-electron chi connectivity index (χ4n) is 2.41. The van der Waals surface area contributed by atoms with E-state index in [1.165, 1.54) is 19.2 Å². The molecular formula is C15H23N3O4S. The number of methoxy groups -OCH3 is 1. The Labute approximate surface area is 137 Å². The van der Waals surface area contributed by atoms with Gasteiger partial charge in [-0.2, -0.15) is 4.72 Å². The van der Waals surface area contributed by atoms with E-state index in [0.717, 1.165) is 13.1 Å². The molecule has 0 radical (unpaired) electrons. The first-order chi connectivity index (χ1) is 10.8. The average molecular weight is 341 g/mol. The Bertz CT molecular complexity index is 637. The molecule has 2 rings (SSSR count). The van der Waals surface area contributed by atoms with Crippen molar-refractivity contribution in [1.29, 1.82) is 0 Å². The summed E-state index contributed by atoms with van der Waals surface area (Å²) in [6.07, 6.45) is 0. The minimum absolute atomic E-state index is 0.108. The Hall–Kier alpha value is -1.64. The van der Waals surface area contributed by atoms with Crippen LogP contribution in [-0.2, 0) is 14.8 Å². The number of rotatable bonds is 5. The van der Waals surface area contributed by atoms with E-state index in [9.17, 15) is 13.2 Å². The summed E-state index contributed by atoms with van der Waals surface area (Å²) in [7, 11) is -0.232. The molecule has 1 aromatic carbocycles. The fourth-order valence-corrected chi connectivity index (χ4v) is 3.60. The topological polar surface area (TPSA) is 78.9 Å². The molecule has 1 amide bonds. The number of hydrogen-bond donors (Lipinski definition) is 1. The molecule has 128 valence electrons. The Morgan fingerprint density at radius 2 is 1.74 bits per heavy atom. The standard InChI is InChI=1S/C15H23N3O4S/c1-12(15(19)18-10-8-17(2)9-11-18)16-23(20,21)14-6-4-13(22-3)5-7-14/h4-7,12,16H,8-11H2,1-3H3/t12-/m0/s1. The first kappa shape index (κ1) is 17.7. The van der Waals surface area contributed by atoms with Crippen LogP contribution in [0.5, 0.6) is 5.75 Å².